The van der Waals surface area contributed by atoms with Gasteiger partial charge in [0.05, 0.1) is 6.61 Å². The molecule has 0 aliphatic heterocycles. The Balaban J connectivity index is 2.92. The SMILES string of the molecule is CCCCCCOc1ccc(C#CC(C)(C)O)cc1C(C)(C)C. The molecule has 0 saturated carbocycles. The molecule has 1 aromatic rings. The average molecular weight is 316 g/mol. The van der Waals surface area contributed by atoms with Crippen LogP contribution in [0.15, 0.2) is 18.2 Å². The third kappa shape index (κ3) is 7.57. The Kier molecular flexibility index (Phi) is 7.16. The second-order valence-electron chi connectivity index (χ2n) is 7.68. The van der Waals surface area contributed by atoms with E-state index in [2.05, 4.69) is 45.6 Å². The van der Waals surface area contributed by atoms with Gasteiger partial charge in [0.15, 0.2) is 0 Å². The van der Waals surface area contributed by atoms with Gasteiger partial charge in [-0.3, -0.25) is 0 Å². The van der Waals surface area contributed by atoms with Crippen molar-refractivity contribution in [3.63, 3.8) is 0 Å². The predicted molar refractivity (Wildman–Crippen MR) is 98.0 cm³/mol. The lowest BCUT2D eigenvalue weighted by molar-refractivity contribution is 0.143. The Bertz CT molecular complexity index is 548. The van der Waals surface area contributed by atoms with Crippen LogP contribution in [-0.4, -0.2) is 17.3 Å². The van der Waals surface area contributed by atoms with Crippen molar-refractivity contribution in [2.45, 2.75) is 78.2 Å². The molecule has 0 spiro atoms. The first-order chi connectivity index (χ1) is 10.6. The molecule has 1 N–H and O–H groups in total. The first-order valence-corrected chi connectivity index (χ1v) is 8.66. The molecular weight excluding hydrogens is 284 g/mol. The van der Waals surface area contributed by atoms with Crippen LogP contribution in [-0.2, 0) is 5.41 Å². The lowest BCUT2D eigenvalue weighted by Gasteiger charge is -2.23. The van der Waals surface area contributed by atoms with Crippen molar-refractivity contribution >= 4 is 0 Å². The number of unbranched alkanes of at least 4 members (excludes halogenated alkanes) is 3. The summed E-state index contributed by atoms with van der Waals surface area (Å²) in [7, 11) is 0. The minimum absolute atomic E-state index is 0.00876. The number of rotatable bonds is 6. The van der Waals surface area contributed by atoms with E-state index in [0.29, 0.717) is 0 Å². The van der Waals surface area contributed by atoms with Crippen molar-refractivity contribution in [3.05, 3.63) is 29.3 Å². The zero-order valence-electron chi connectivity index (χ0n) is 15.6. The molecule has 2 heteroatoms. The van der Waals surface area contributed by atoms with E-state index in [9.17, 15) is 5.11 Å². The molecule has 0 aliphatic carbocycles. The first-order valence-electron chi connectivity index (χ1n) is 8.66. The van der Waals surface area contributed by atoms with E-state index in [1.54, 1.807) is 13.8 Å². The van der Waals surface area contributed by atoms with Gasteiger partial charge in [0.25, 0.3) is 0 Å². The highest BCUT2D eigenvalue weighted by molar-refractivity contribution is 5.47. The van der Waals surface area contributed by atoms with Crippen LogP contribution in [0.3, 0.4) is 0 Å². The molecule has 0 atom stereocenters. The van der Waals surface area contributed by atoms with E-state index in [1.165, 1.54) is 19.3 Å². The van der Waals surface area contributed by atoms with Crippen molar-refractivity contribution in [2.75, 3.05) is 6.61 Å². The Morgan fingerprint density at radius 2 is 1.74 bits per heavy atom. The molecule has 0 saturated heterocycles. The van der Waals surface area contributed by atoms with E-state index >= 15 is 0 Å². The minimum atomic E-state index is -0.976. The van der Waals surface area contributed by atoms with Crippen molar-refractivity contribution in [2.24, 2.45) is 0 Å². The highest BCUT2D eigenvalue weighted by atomic mass is 16.5. The molecule has 0 fully saturated rings. The van der Waals surface area contributed by atoms with E-state index < -0.39 is 5.60 Å². The second-order valence-corrected chi connectivity index (χ2v) is 7.68. The Morgan fingerprint density at radius 1 is 1.04 bits per heavy atom. The van der Waals surface area contributed by atoms with Gasteiger partial charge in [0.1, 0.15) is 11.4 Å². The molecule has 0 aromatic heterocycles. The van der Waals surface area contributed by atoms with Crippen LogP contribution in [0, 0.1) is 11.8 Å². The third-order valence-electron chi connectivity index (χ3n) is 3.56. The number of ether oxygens (including phenoxy) is 1. The summed E-state index contributed by atoms with van der Waals surface area (Å²) in [6.45, 7) is 12.9. The summed E-state index contributed by atoms with van der Waals surface area (Å²) < 4.78 is 6.01. The Morgan fingerprint density at radius 3 is 2.30 bits per heavy atom. The lowest BCUT2D eigenvalue weighted by atomic mass is 9.85. The number of hydrogen-bond donors (Lipinski definition) is 1. The van der Waals surface area contributed by atoms with Gasteiger partial charge in [-0.05, 0) is 43.9 Å². The number of hydrogen-bond acceptors (Lipinski definition) is 2. The van der Waals surface area contributed by atoms with Gasteiger partial charge >= 0.3 is 0 Å². The van der Waals surface area contributed by atoms with Crippen LogP contribution in [0.2, 0.25) is 0 Å². The Hall–Kier alpha value is -1.46. The fourth-order valence-corrected chi connectivity index (χ4v) is 2.26. The summed E-state index contributed by atoms with van der Waals surface area (Å²) in [6.07, 6.45) is 4.82. The topological polar surface area (TPSA) is 29.5 Å². The fourth-order valence-electron chi connectivity index (χ4n) is 2.26. The monoisotopic (exact) mass is 316 g/mol. The summed E-state index contributed by atoms with van der Waals surface area (Å²) >= 11 is 0. The van der Waals surface area contributed by atoms with E-state index in [0.717, 1.165) is 29.9 Å². The molecule has 0 bridgehead atoms. The summed E-state index contributed by atoms with van der Waals surface area (Å²) in [6, 6.07) is 6.06. The molecule has 0 amide bonds. The molecule has 0 aliphatic rings. The maximum atomic E-state index is 9.75. The minimum Gasteiger partial charge on any atom is -0.493 e. The van der Waals surface area contributed by atoms with E-state index in [1.807, 2.05) is 12.1 Å². The normalized spacial score (nSPS) is 11.8. The van der Waals surface area contributed by atoms with Crippen LogP contribution < -0.4 is 4.74 Å². The predicted octanol–water partition coefficient (Wildman–Crippen LogP) is 5.07. The summed E-state index contributed by atoms with van der Waals surface area (Å²) in [5.74, 6) is 6.87. The molecule has 0 radical (unpaired) electrons. The smallest absolute Gasteiger partial charge is 0.123 e. The molecular formula is C21H32O2. The van der Waals surface area contributed by atoms with Gasteiger partial charge in [-0.2, -0.15) is 0 Å². The van der Waals surface area contributed by atoms with Crippen molar-refractivity contribution in [1.29, 1.82) is 0 Å². The zero-order valence-corrected chi connectivity index (χ0v) is 15.6. The summed E-state index contributed by atoms with van der Waals surface area (Å²) in [5.41, 5.74) is 1.09. The van der Waals surface area contributed by atoms with Crippen molar-refractivity contribution < 1.29 is 9.84 Å². The van der Waals surface area contributed by atoms with Gasteiger partial charge in [0, 0.05) is 11.1 Å². The molecule has 23 heavy (non-hydrogen) atoms. The zero-order chi connectivity index (χ0) is 17.5. The van der Waals surface area contributed by atoms with Crippen LogP contribution in [0.25, 0.3) is 0 Å². The quantitative estimate of drug-likeness (QED) is 0.587. The largest absolute Gasteiger partial charge is 0.493 e. The van der Waals surface area contributed by atoms with Gasteiger partial charge in [-0.1, -0.05) is 58.8 Å². The van der Waals surface area contributed by atoms with Crippen LogP contribution in [0.5, 0.6) is 5.75 Å². The molecule has 1 rings (SSSR count). The fraction of sp³-hybridized carbons (Fsp3) is 0.619. The highest BCUT2D eigenvalue weighted by Crippen LogP contribution is 2.32. The first kappa shape index (κ1) is 19.6. The van der Waals surface area contributed by atoms with E-state index in [4.69, 9.17) is 4.74 Å². The average Bonchev–Trinajstić information content (AvgIpc) is 2.43. The van der Waals surface area contributed by atoms with Gasteiger partial charge in [-0.15, -0.1) is 0 Å². The van der Waals surface area contributed by atoms with Crippen molar-refractivity contribution in [3.8, 4) is 17.6 Å². The Labute approximate surface area is 142 Å². The maximum absolute atomic E-state index is 9.75. The molecule has 0 unspecified atom stereocenters. The van der Waals surface area contributed by atoms with Gasteiger partial charge in [-0.25, -0.2) is 0 Å². The molecule has 128 valence electrons. The van der Waals surface area contributed by atoms with E-state index in [-0.39, 0.29) is 5.41 Å². The molecule has 0 heterocycles. The van der Waals surface area contributed by atoms with Gasteiger partial charge < -0.3 is 9.84 Å². The van der Waals surface area contributed by atoms with Crippen LogP contribution in [0.1, 0.15) is 78.4 Å². The van der Waals surface area contributed by atoms with Crippen LogP contribution >= 0.6 is 0 Å². The standard InChI is InChI=1S/C21H32O2/c1-7-8-9-10-15-23-19-12-11-17(13-14-21(5,6)22)16-18(19)20(2,3)4/h11-12,16,22H,7-10,15H2,1-6H3. The summed E-state index contributed by atoms with van der Waals surface area (Å²) in [4.78, 5) is 0. The van der Waals surface area contributed by atoms with Gasteiger partial charge in [0.2, 0.25) is 0 Å². The maximum Gasteiger partial charge on any atom is 0.123 e. The number of benzene rings is 1. The second kappa shape index (κ2) is 8.41. The lowest BCUT2D eigenvalue weighted by Crippen LogP contribution is -2.15. The van der Waals surface area contributed by atoms with Crippen LogP contribution in [0.4, 0.5) is 0 Å². The van der Waals surface area contributed by atoms with Crippen molar-refractivity contribution in [1.82, 2.24) is 0 Å². The highest BCUT2D eigenvalue weighted by Gasteiger charge is 2.19. The third-order valence-corrected chi connectivity index (χ3v) is 3.56. The number of aliphatic hydroxyl groups is 1. The molecule has 2 nitrogen and oxygen atoms in total. The molecule has 1 aromatic carbocycles. The summed E-state index contributed by atoms with van der Waals surface area (Å²) in [5, 5.41) is 9.75.